The Labute approximate surface area is 77.7 Å². The third-order valence-corrected chi connectivity index (χ3v) is 2.07. The number of hydrogen-bond donors (Lipinski definition) is 0. The highest BCUT2D eigenvalue weighted by molar-refractivity contribution is 5.14. The summed E-state index contributed by atoms with van der Waals surface area (Å²) in [5.41, 5.74) is 0.979. The summed E-state index contributed by atoms with van der Waals surface area (Å²) < 4.78 is 10.7. The van der Waals surface area contributed by atoms with E-state index in [1.54, 1.807) is 0 Å². The van der Waals surface area contributed by atoms with Gasteiger partial charge in [-0.15, -0.1) is 0 Å². The fourth-order valence-corrected chi connectivity index (χ4v) is 1.19. The fourth-order valence-electron chi connectivity index (χ4n) is 1.19. The van der Waals surface area contributed by atoms with E-state index in [1.807, 2.05) is 25.1 Å². The van der Waals surface area contributed by atoms with Gasteiger partial charge in [0.05, 0.1) is 6.10 Å². The van der Waals surface area contributed by atoms with Crippen molar-refractivity contribution in [3.8, 4) is 5.88 Å². The second-order valence-electron chi connectivity index (χ2n) is 3.21. The minimum atomic E-state index is 0.280. The van der Waals surface area contributed by atoms with Crippen molar-refractivity contribution in [1.82, 2.24) is 4.98 Å². The average Bonchev–Trinajstić information content (AvgIpc) is 2.01. The van der Waals surface area contributed by atoms with Crippen LogP contribution in [0, 0.1) is 6.92 Å². The van der Waals surface area contributed by atoms with Crippen LogP contribution < -0.4 is 4.74 Å². The van der Waals surface area contributed by atoms with Crippen LogP contribution in [0.2, 0.25) is 0 Å². The van der Waals surface area contributed by atoms with Crippen molar-refractivity contribution in [2.45, 2.75) is 19.4 Å². The van der Waals surface area contributed by atoms with E-state index in [0.717, 1.165) is 18.7 Å². The lowest BCUT2D eigenvalue weighted by atomic mass is 10.2. The summed E-state index contributed by atoms with van der Waals surface area (Å²) in [5, 5.41) is 0. The molecule has 1 aromatic heterocycles. The first-order chi connectivity index (χ1) is 6.34. The molecule has 3 heteroatoms. The van der Waals surface area contributed by atoms with Crippen LogP contribution in [-0.2, 0) is 4.74 Å². The predicted octanol–water partition coefficient (Wildman–Crippen LogP) is 1.56. The summed E-state index contributed by atoms with van der Waals surface area (Å²) >= 11 is 0. The Hall–Kier alpha value is -1.09. The molecular weight excluding hydrogens is 166 g/mol. The third kappa shape index (κ3) is 2.18. The summed E-state index contributed by atoms with van der Waals surface area (Å²) in [6, 6.07) is 5.76. The van der Waals surface area contributed by atoms with E-state index in [1.165, 1.54) is 0 Å². The van der Waals surface area contributed by atoms with Crippen molar-refractivity contribution >= 4 is 0 Å². The van der Waals surface area contributed by atoms with E-state index < -0.39 is 0 Å². The molecule has 1 aliphatic heterocycles. The van der Waals surface area contributed by atoms with Crippen LogP contribution in [-0.4, -0.2) is 24.3 Å². The van der Waals surface area contributed by atoms with Crippen LogP contribution in [0.1, 0.15) is 12.1 Å². The molecule has 1 saturated heterocycles. The third-order valence-electron chi connectivity index (χ3n) is 2.07. The van der Waals surface area contributed by atoms with Gasteiger partial charge in [0.2, 0.25) is 5.88 Å². The maximum Gasteiger partial charge on any atom is 0.213 e. The van der Waals surface area contributed by atoms with Crippen molar-refractivity contribution in [3.05, 3.63) is 23.9 Å². The number of nitrogens with zero attached hydrogens (tertiary/aromatic N) is 1. The van der Waals surface area contributed by atoms with Crippen molar-refractivity contribution < 1.29 is 9.47 Å². The zero-order valence-corrected chi connectivity index (χ0v) is 7.69. The molecule has 0 amide bonds. The maximum atomic E-state index is 5.45. The topological polar surface area (TPSA) is 31.4 Å². The Morgan fingerprint density at radius 2 is 2.46 bits per heavy atom. The summed E-state index contributed by atoms with van der Waals surface area (Å²) in [5.74, 6) is 0.690. The van der Waals surface area contributed by atoms with Gasteiger partial charge in [-0.3, -0.25) is 0 Å². The Kier molecular flexibility index (Phi) is 2.45. The van der Waals surface area contributed by atoms with Crippen LogP contribution in [0.15, 0.2) is 18.2 Å². The highest BCUT2D eigenvalue weighted by Gasteiger charge is 2.18. The second-order valence-corrected chi connectivity index (χ2v) is 3.21. The predicted molar refractivity (Wildman–Crippen MR) is 48.8 cm³/mol. The van der Waals surface area contributed by atoms with E-state index >= 15 is 0 Å². The zero-order chi connectivity index (χ0) is 9.10. The Morgan fingerprint density at radius 3 is 3.08 bits per heavy atom. The van der Waals surface area contributed by atoms with Crippen molar-refractivity contribution in [2.24, 2.45) is 0 Å². The zero-order valence-electron chi connectivity index (χ0n) is 7.69. The Bertz CT molecular complexity index is 284. The van der Waals surface area contributed by atoms with Gasteiger partial charge in [-0.2, -0.15) is 0 Å². The van der Waals surface area contributed by atoms with Gasteiger partial charge in [-0.25, -0.2) is 4.98 Å². The molecule has 3 nitrogen and oxygen atoms in total. The van der Waals surface area contributed by atoms with Crippen LogP contribution in [0.5, 0.6) is 5.88 Å². The average molecular weight is 179 g/mol. The molecule has 0 saturated carbocycles. The number of aromatic nitrogens is 1. The number of hydrogen-bond acceptors (Lipinski definition) is 3. The Balaban J connectivity index is 1.86. The quantitative estimate of drug-likeness (QED) is 0.705. The van der Waals surface area contributed by atoms with Crippen LogP contribution in [0.4, 0.5) is 0 Å². The van der Waals surface area contributed by atoms with Crippen LogP contribution >= 0.6 is 0 Å². The molecule has 13 heavy (non-hydrogen) atoms. The van der Waals surface area contributed by atoms with Gasteiger partial charge in [0, 0.05) is 24.8 Å². The molecule has 2 rings (SSSR count). The first-order valence-electron chi connectivity index (χ1n) is 4.52. The molecule has 0 bridgehead atoms. The number of rotatable bonds is 3. The second kappa shape index (κ2) is 3.75. The minimum absolute atomic E-state index is 0.280. The monoisotopic (exact) mass is 179 g/mol. The van der Waals surface area contributed by atoms with E-state index in [9.17, 15) is 0 Å². The highest BCUT2D eigenvalue weighted by Crippen LogP contribution is 2.13. The molecule has 2 heterocycles. The Morgan fingerprint density at radius 1 is 1.62 bits per heavy atom. The SMILES string of the molecule is Cc1cccc(OCC2CCO2)n1. The summed E-state index contributed by atoms with van der Waals surface area (Å²) in [6.07, 6.45) is 1.38. The van der Waals surface area contributed by atoms with Crippen molar-refractivity contribution in [2.75, 3.05) is 13.2 Å². The van der Waals surface area contributed by atoms with Gasteiger partial charge in [0.1, 0.15) is 6.61 Å². The molecule has 70 valence electrons. The van der Waals surface area contributed by atoms with Gasteiger partial charge in [0.25, 0.3) is 0 Å². The number of aryl methyl sites for hydroxylation is 1. The maximum absolute atomic E-state index is 5.45. The standard InChI is InChI=1S/C10H13NO2/c1-8-3-2-4-10(11-8)13-7-9-5-6-12-9/h2-4,9H,5-7H2,1H3. The van der Waals surface area contributed by atoms with Crippen LogP contribution in [0.25, 0.3) is 0 Å². The molecule has 1 unspecified atom stereocenters. The molecule has 0 radical (unpaired) electrons. The first kappa shape index (κ1) is 8.51. The van der Waals surface area contributed by atoms with Gasteiger partial charge in [-0.1, -0.05) is 6.07 Å². The minimum Gasteiger partial charge on any atom is -0.475 e. The summed E-state index contributed by atoms with van der Waals surface area (Å²) in [4.78, 5) is 4.23. The van der Waals surface area contributed by atoms with E-state index in [4.69, 9.17) is 9.47 Å². The lowest BCUT2D eigenvalue weighted by molar-refractivity contribution is -0.0727. The molecule has 0 aliphatic carbocycles. The van der Waals surface area contributed by atoms with Gasteiger partial charge < -0.3 is 9.47 Å². The number of ether oxygens (including phenoxy) is 2. The fraction of sp³-hybridized carbons (Fsp3) is 0.500. The lowest BCUT2D eigenvalue weighted by Crippen LogP contribution is -2.32. The van der Waals surface area contributed by atoms with E-state index in [-0.39, 0.29) is 6.10 Å². The molecule has 0 N–H and O–H groups in total. The molecular formula is C10H13NO2. The number of pyridine rings is 1. The molecule has 1 fully saturated rings. The largest absolute Gasteiger partial charge is 0.475 e. The first-order valence-corrected chi connectivity index (χ1v) is 4.52. The summed E-state index contributed by atoms with van der Waals surface area (Å²) in [7, 11) is 0. The molecule has 0 aromatic carbocycles. The van der Waals surface area contributed by atoms with Crippen molar-refractivity contribution in [1.29, 1.82) is 0 Å². The van der Waals surface area contributed by atoms with Gasteiger partial charge in [0.15, 0.2) is 0 Å². The summed E-state index contributed by atoms with van der Waals surface area (Å²) in [6.45, 7) is 3.44. The molecule has 0 spiro atoms. The van der Waals surface area contributed by atoms with Crippen LogP contribution in [0.3, 0.4) is 0 Å². The molecule has 1 aromatic rings. The van der Waals surface area contributed by atoms with E-state index in [2.05, 4.69) is 4.98 Å². The molecule has 1 aliphatic rings. The smallest absolute Gasteiger partial charge is 0.213 e. The van der Waals surface area contributed by atoms with Gasteiger partial charge >= 0.3 is 0 Å². The molecule has 1 atom stereocenters. The van der Waals surface area contributed by atoms with Crippen molar-refractivity contribution in [3.63, 3.8) is 0 Å². The van der Waals surface area contributed by atoms with Gasteiger partial charge in [-0.05, 0) is 13.0 Å². The normalized spacial score (nSPS) is 20.8. The van der Waals surface area contributed by atoms with E-state index in [0.29, 0.717) is 12.5 Å². The lowest BCUT2D eigenvalue weighted by Gasteiger charge is -2.25. The highest BCUT2D eigenvalue weighted by atomic mass is 16.5.